The molecule has 0 amide bonds. The molecule has 1 saturated carbocycles. The molecule has 6 heteroatoms. The van der Waals surface area contributed by atoms with Gasteiger partial charge in [-0.15, -0.1) is 0 Å². The van der Waals surface area contributed by atoms with E-state index in [9.17, 15) is 22.4 Å². The van der Waals surface area contributed by atoms with Crippen LogP contribution >= 0.6 is 0 Å². The van der Waals surface area contributed by atoms with Crippen LogP contribution in [-0.2, 0) is 4.79 Å². The summed E-state index contributed by atoms with van der Waals surface area (Å²) in [4.78, 5) is 10.6. The second kappa shape index (κ2) is 2.61. The van der Waals surface area contributed by atoms with Crippen LogP contribution < -0.4 is 0 Å². The molecule has 0 aromatic carbocycles. The van der Waals surface area contributed by atoms with Crippen LogP contribution in [0.1, 0.15) is 20.3 Å². The Morgan fingerprint density at radius 3 is 1.86 bits per heavy atom. The lowest BCUT2D eigenvalue weighted by molar-refractivity contribution is -0.201. The van der Waals surface area contributed by atoms with Gasteiger partial charge in [0.25, 0.3) is 0 Å². The lowest BCUT2D eigenvalue weighted by Crippen LogP contribution is -2.45. The molecule has 0 aromatic rings. The van der Waals surface area contributed by atoms with Crippen molar-refractivity contribution in [1.82, 2.24) is 0 Å². The molecule has 1 aliphatic rings. The molecule has 1 fully saturated rings. The normalized spacial score (nSPS) is 30.5. The standard InChI is InChI=1S/C8H10F4O2/c1-6(2)3-7(6,5(13)14)8(11,12)4(9)10/h4H,3H2,1-2H3,(H,13,14). The summed E-state index contributed by atoms with van der Waals surface area (Å²) in [5, 5.41) is 8.61. The fraction of sp³-hybridized carbons (Fsp3) is 0.875. The zero-order valence-electron chi connectivity index (χ0n) is 7.65. The van der Waals surface area contributed by atoms with E-state index in [0.29, 0.717) is 0 Å². The smallest absolute Gasteiger partial charge is 0.323 e. The van der Waals surface area contributed by atoms with Crippen LogP contribution in [0.3, 0.4) is 0 Å². The lowest BCUT2D eigenvalue weighted by atomic mass is 9.89. The van der Waals surface area contributed by atoms with E-state index in [1.807, 2.05) is 0 Å². The van der Waals surface area contributed by atoms with Crippen LogP contribution in [0.4, 0.5) is 17.6 Å². The van der Waals surface area contributed by atoms with Gasteiger partial charge in [-0.25, -0.2) is 8.78 Å². The highest BCUT2D eigenvalue weighted by Crippen LogP contribution is 2.71. The van der Waals surface area contributed by atoms with E-state index in [4.69, 9.17) is 5.11 Å². The second-order valence-electron chi connectivity index (χ2n) is 4.19. The van der Waals surface area contributed by atoms with E-state index in [-0.39, 0.29) is 0 Å². The fourth-order valence-electron chi connectivity index (χ4n) is 1.88. The van der Waals surface area contributed by atoms with Gasteiger partial charge in [-0.1, -0.05) is 13.8 Å². The molecule has 2 nitrogen and oxygen atoms in total. The Hall–Kier alpha value is -0.810. The minimum Gasteiger partial charge on any atom is -0.481 e. The van der Waals surface area contributed by atoms with Gasteiger partial charge in [0.1, 0.15) is 5.41 Å². The maximum Gasteiger partial charge on any atom is 0.323 e. The van der Waals surface area contributed by atoms with Gasteiger partial charge in [-0.05, 0) is 11.8 Å². The summed E-state index contributed by atoms with van der Waals surface area (Å²) in [5.74, 6) is -6.32. The molecular weight excluding hydrogens is 204 g/mol. The first-order chi connectivity index (χ1) is 6.09. The fourth-order valence-corrected chi connectivity index (χ4v) is 1.88. The van der Waals surface area contributed by atoms with Crippen molar-refractivity contribution >= 4 is 5.97 Å². The number of rotatable bonds is 3. The molecular formula is C8H10F4O2. The molecule has 1 atom stereocenters. The molecule has 14 heavy (non-hydrogen) atoms. The molecule has 1 unspecified atom stereocenters. The highest BCUT2D eigenvalue weighted by Gasteiger charge is 2.81. The van der Waals surface area contributed by atoms with Crippen LogP contribution in [-0.4, -0.2) is 23.4 Å². The van der Waals surface area contributed by atoms with Crippen molar-refractivity contribution < 1.29 is 27.5 Å². The minimum absolute atomic E-state index is 0.424. The van der Waals surface area contributed by atoms with Crippen LogP contribution in [0.15, 0.2) is 0 Å². The number of hydrogen-bond acceptors (Lipinski definition) is 1. The Morgan fingerprint density at radius 1 is 1.43 bits per heavy atom. The summed E-state index contributed by atoms with van der Waals surface area (Å²) in [6.45, 7) is 2.49. The van der Waals surface area contributed by atoms with E-state index >= 15 is 0 Å². The van der Waals surface area contributed by atoms with Gasteiger partial charge >= 0.3 is 18.3 Å². The molecule has 0 radical (unpaired) electrons. The Balaban J connectivity index is 3.11. The molecule has 0 aromatic heterocycles. The average Bonchev–Trinajstić information content (AvgIpc) is 2.55. The summed E-state index contributed by atoms with van der Waals surface area (Å²) in [5.41, 5.74) is -3.88. The van der Waals surface area contributed by atoms with Gasteiger partial charge in [0.05, 0.1) is 0 Å². The maximum absolute atomic E-state index is 13.0. The molecule has 0 aliphatic heterocycles. The van der Waals surface area contributed by atoms with Gasteiger partial charge in [-0.3, -0.25) is 4.79 Å². The van der Waals surface area contributed by atoms with Crippen LogP contribution in [0.2, 0.25) is 0 Å². The molecule has 0 heterocycles. The number of carbonyl (C=O) groups is 1. The molecule has 1 aliphatic carbocycles. The van der Waals surface area contributed by atoms with Crippen molar-refractivity contribution in [2.24, 2.45) is 10.8 Å². The number of aliphatic carboxylic acids is 1. The minimum atomic E-state index is -4.47. The first-order valence-electron chi connectivity index (χ1n) is 3.99. The summed E-state index contributed by atoms with van der Waals surface area (Å²) < 4.78 is 50.1. The molecule has 82 valence electrons. The van der Waals surface area contributed by atoms with E-state index < -0.39 is 35.6 Å². The van der Waals surface area contributed by atoms with Crippen molar-refractivity contribution in [2.75, 3.05) is 0 Å². The van der Waals surface area contributed by atoms with Crippen molar-refractivity contribution in [2.45, 2.75) is 32.6 Å². The van der Waals surface area contributed by atoms with Crippen molar-refractivity contribution in [3.05, 3.63) is 0 Å². The van der Waals surface area contributed by atoms with Crippen molar-refractivity contribution in [3.8, 4) is 0 Å². The third-order valence-electron chi connectivity index (χ3n) is 2.95. The van der Waals surface area contributed by atoms with Crippen LogP contribution in [0.25, 0.3) is 0 Å². The monoisotopic (exact) mass is 214 g/mol. The molecule has 0 spiro atoms. The van der Waals surface area contributed by atoms with Gasteiger partial charge in [0.2, 0.25) is 0 Å². The SMILES string of the molecule is CC1(C)CC1(C(=O)O)C(F)(F)C(F)F. The third-order valence-corrected chi connectivity index (χ3v) is 2.95. The molecule has 1 rings (SSSR count). The number of carboxylic acid groups (broad SMARTS) is 1. The Morgan fingerprint density at radius 2 is 1.79 bits per heavy atom. The summed E-state index contributed by atoms with van der Waals surface area (Å²) in [6, 6.07) is 0. The molecule has 0 saturated heterocycles. The van der Waals surface area contributed by atoms with Crippen LogP contribution in [0.5, 0.6) is 0 Å². The van der Waals surface area contributed by atoms with Crippen LogP contribution in [0, 0.1) is 10.8 Å². The van der Waals surface area contributed by atoms with Crippen molar-refractivity contribution in [3.63, 3.8) is 0 Å². The van der Waals surface area contributed by atoms with Gasteiger partial charge in [0, 0.05) is 0 Å². The van der Waals surface area contributed by atoms with E-state index in [1.54, 1.807) is 0 Å². The maximum atomic E-state index is 13.0. The highest BCUT2D eigenvalue weighted by molar-refractivity contribution is 5.81. The Kier molecular flexibility index (Phi) is 2.10. The highest BCUT2D eigenvalue weighted by atomic mass is 19.3. The lowest BCUT2D eigenvalue weighted by Gasteiger charge is -2.25. The first kappa shape index (κ1) is 11.3. The van der Waals surface area contributed by atoms with Crippen molar-refractivity contribution in [1.29, 1.82) is 0 Å². The number of alkyl halides is 4. The second-order valence-corrected chi connectivity index (χ2v) is 4.19. The Labute approximate surface area is 77.9 Å². The number of carboxylic acids is 1. The predicted octanol–water partition coefficient (Wildman–Crippen LogP) is 2.39. The van der Waals surface area contributed by atoms with E-state index in [1.165, 1.54) is 13.8 Å². The van der Waals surface area contributed by atoms with Gasteiger partial charge < -0.3 is 5.11 Å². The number of hydrogen-bond donors (Lipinski definition) is 1. The topological polar surface area (TPSA) is 37.3 Å². The summed E-state index contributed by atoms with van der Waals surface area (Å²) in [7, 11) is 0. The largest absolute Gasteiger partial charge is 0.481 e. The van der Waals surface area contributed by atoms with Gasteiger partial charge in [0.15, 0.2) is 0 Å². The molecule has 1 N–H and O–H groups in total. The predicted molar refractivity (Wildman–Crippen MR) is 39.4 cm³/mol. The third kappa shape index (κ3) is 1.05. The first-order valence-corrected chi connectivity index (χ1v) is 3.99. The zero-order valence-corrected chi connectivity index (χ0v) is 7.65. The zero-order chi connectivity index (χ0) is 11.4. The Bertz CT molecular complexity index is 275. The van der Waals surface area contributed by atoms with E-state index in [2.05, 4.69) is 0 Å². The van der Waals surface area contributed by atoms with Gasteiger partial charge in [-0.2, -0.15) is 8.78 Å². The molecule has 0 bridgehead atoms. The van der Waals surface area contributed by atoms with E-state index in [0.717, 1.165) is 0 Å². The summed E-state index contributed by atoms with van der Waals surface area (Å²) >= 11 is 0. The summed E-state index contributed by atoms with van der Waals surface area (Å²) in [6.07, 6.45) is -4.37. The quantitative estimate of drug-likeness (QED) is 0.732. The number of halogens is 4. The average molecular weight is 214 g/mol.